The molecule has 0 fully saturated rings. The fraction of sp³-hybridized carbons (Fsp3) is 0.818. The summed E-state index contributed by atoms with van der Waals surface area (Å²) in [7, 11) is 0. The van der Waals surface area contributed by atoms with Crippen LogP contribution in [0.15, 0.2) is 0 Å². The van der Waals surface area contributed by atoms with Crippen LogP contribution in [0.25, 0.3) is 0 Å². The second-order valence-corrected chi connectivity index (χ2v) is 8.12. The average molecular weight is 327 g/mol. The quantitative estimate of drug-likeness (QED) is 0.561. The van der Waals surface area contributed by atoms with Gasteiger partial charge in [0, 0.05) is 12.7 Å². The third-order valence-corrected chi connectivity index (χ3v) is 5.81. The first-order valence-corrected chi connectivity index (χ1v) is 9.51. The Labute approximate surface area is 123 Å². The maximum absolute atomic E-state index is 12.4. The van der Waals surface area contributed by atoms with Gasteiger partial charge >= 0.3 is 12.8 Å². The van der Waals surface area contributed by atoms with Crippen molar-refractivity contribution in [3.8, 4) is 0 Å². The number of hydrogen-bond donors (Lipinski definition) is 2. The van der Waals surface area contributed by atoms with Gasteiger partial charge in [0.15, 0.2) is 0 Å². The zero-order valence-electron chi connectivity index (χ0n) is 12.0. The minimum absolute atomic E-state index is 0.0837. The molecule has 0 aliphatic rings. The van der Waals surface area contributed by atoms with Gasteiger partial charge in [0.2, 0.25) is 5.91 Å². The molecule has 1 unspecified atom stereocenters. The van der Waals surface area contributed by atoms with E-state index < -0.39 is 24.7 Å². The standard InChI is InChI=1S/C11H22NO6PS/c1-4-6-17-19(16,18-7-5-2)20-8-10(11(14)15)12-9(3)13/h10H,4-8H2,1-3H3,(H,12,13)(H,14,15). The van der Waals surface area contributed by atoms with Gasteiger partial charge in [-0.05, 0) is 24.2 Å². The highest BCUT2D eigenvalue weighted by molar-refractivity contribution is 8.55. The van der Waals surface area contributed by atoms with Crippen molar-refractivity contribution in [3.63, 3.8) is 0 Å². The summed E-state index contributed by atoms with van der Waals surface area (Å²) in [5.41, 5.74) is 0. The lowest BCUT2D eigenvalue weighted by atomic mass is 10.3. The summed E-state index contributed by atoms with van der Waals surface area (Å²) in [6.45, 7) is 2.11. The first kappa shape index (κ1) is 19.4. The van der Waals surface area contributed by atoms with E-state index in [1.807, 2.05) is 13.8 Å². The fourth-order valence-corrected chi connectivity index (χ4v) is 4.59. The maximum Gasteiger partial charge on any atom is 0.389 e. The summed E-state index contributed by atoms with van der Waals surface area (Å²) in [4.78, 5) is 21.9. The molecule has 0 aromatic rings. The predicted molar refractivity (Wildman–Crippen MR) is 77.8 cm³/mol. The molecule has 1 atom stereocenters. The third-order valence-electron chi connectivity index (χ3n) is 1.98. The van der Waals surface area contributed by atoms with E-state index in [0.717, 1.165) is 11.4 Å². The zero-order valence-corrected chi connectivity index (χ0v) is 13.7. The summed E-state index contributed by atoms with van der Waals surface area (Å²) in [6.07, 6.45) is 1.35. The molecule has 0 spiro atoms. The topological polar surface area (TPSA) is 102 Å². The van der Waals surface area contributed by atoms with E-state index in [1.165, 1.54) is 6.92 Å². The third kappa shape index (κ3) is 8.58. The number of hydrogen-bond acceptors (Lipinski definition) is 6. The maximum atomic E-state index is 12.4. The van der Waals surface area contributed by atoms with Crippen molar-refractivity contribution in [1.82, 2.24) is 5.32 Å². The SMILES string of the molecule is CCCOP(=O)(OCCC)SCC(NC(C)=O)C(=O)O. The summed E-state index contributed by atoms with van der Waals surface area (Å²) >= 11 is 0.798. The highest BCUT2D eigenvalue weighted by atomic mass is 32.7. The van der Waals surface area contributed by atoms with E-state index in [9.17, 15) is 14.2 Å². The van der Waals surface area contributed by atoms with Crippen LogP contribution in [0.2, 0.25) is 0 Å². The number of nitrogens with one attached hydrogen (secondary N) is 1. The minimum atomic E-state index is -3.39. The van der Waals surface area contributed by atoms with Gasteiger partial charge in [-0.3, -0.25) is 4.79 Å². The lowest BCUT2D eigenvalue weighted by Crippen LogP contribution is -2.41. The Morgan fingerprint density at radius 3 is 2.10 bits per heavy atom. The molecule has 9 heteroatoms. The van der Waals surface area contributed by atoms with Gasteiger partial charge in [-0.25, -0.2) is 9.36 Å². The molecule has 20 heavy (non-hydrogen) atoms. The van der Waals surface area contributed by atoms with E-state index >= 15 is 0 Å². The summed E-state index contributed by atoms with van der Waals surface area (Å²) < 4.78 is 22.8. The van der Waals surface area contributed by atoms with Gasteiger partial charge in [-0.1, -0.05) is 13.8 Å². The van der Waals surface area contributed by atoms with Crippen molar-refractivity contribution < 1.29 is 28.3 Å². The number of carboxylic acids is 1. The van der Waals surface area contributed by atoms with Gasteiger partial charge in [-0.2, -0.15) is 0 Å². The van der Waals surface area contributed by atoms with Crippen LogP contribution in [0.5, 0.6) is 0 Å². The monoisotopic (exact) mass is 327 g/mol. The number of carbonyl (C=O) groups excluding carboxylic acids is 1. The van der Waals surface area contributed by atoms with Gasteiger partial charge in [0.1, 0.15) is 6.04 Å². The zero-order chi connectivity index (χ0) is 15.6. The van der Waals surface area contributed by atoms with Gasteiger partial charge in [0.05, 0.1) is 13.2 Å². The molecule has 2 N–H and O–H groups in total. The molecule has 7 nitrogen and oxygen atoms in total. The number of aliphatic carboxylic acids is 1. The van der Waals surface area contributed by atoms with Crippen molar-refractivity contribution in [2.75, 3.05) is 19.0 Å². The molecule has 0 rings (SSSR count). The number of rotatable bonds is 11. The summed E-state index contributed by atoms with van der Waals surface area (Å²) in [5.74, 6) is -1.73. The molecule has 1 amide bonds. The lowest BCUT2D eigenvalue weighted by Gasteiger charge is -2.19. The van der Waals surface area contributed by atoms with Crippen LogP contribution >= 0.6 is 18.2 Å². The number of amides is 1. The van der Waals surface area contributed by atoms with E-state index in [4.69, 9.17) is 14.2 Å². The molecular formula is C11H22NO6PS. The summed E-state index contributed by atoms with van der Waals surface area (Å²) in [6, 6.07) is -1.12. The second kappa shape index (κ2) is 10.2. The van der Waals surface area contributed by atoms with Crippen LogP contribution in [-0.4, -0.2) is 42.0 Å². The smallest absolute Gasteiger partial charge is 0.389 e. The Morgan fingerprint density at radius 1 is 1.25 bits per heavy atom. The lowest BCUT2D eigenvalue weighted by molar-refractivity contribution is -0.140. The number of carbonyl (C=O) groups is 2. The first-order valence-electron chi connectivity index (χ1n) is 6.38. The Bertz CT molecular complexity index is 353. The normalized spacial score (nSPS) is 12.9. The molecule has 0 saturated heterocycles. The fourth-order valence-electron chi connectivity index (χ4n) is 1.10. The average Bonchev–Trinajstić information content (AvgIpc) is 2.38. The van der Waals surface area contributed by atoms with E-state index in [-0.39, 0.29) is 19.0 Å². The van der Waals surface area contributed by atoms with Gasteiger partial charge in [0.25, 0.3) is 0 Å². The Morgan fingerprint density at radius 2 is 1.75 bits per heavy atom. The highest BCUT2D eigenvalue weighted by Crippen LogP contribution is 2.60. The predicted octanol–water partition coefficient (Wildman–Crippen LogP) is 2.27. The number of carboxylic acid groups (broad SMARTS) is 1. The molecule has 0 aliphatic carbocycles. The summed E-state index contributed by atoms with van der Waals surface area (Å²) in [5, 5.41) is 11.2. The van der Waals surface area contributed by atoms with Gasteiger partial charge in [-0.15, -0.1) is 0 Å². The van der Waals surface area contributed by atoms with Crippen molar-refractivity contribution >= 4 is 30.1 Å². The van der Waals surface area contributed by atoms with Crippen LogP contribution < -0.4 is 5.32 Å². The molecule has 0 aromatic heterocycles. The highest BCUT2D eigenvalue weighted by Gasteiger charge is 2.29. The van der Waals surface area contributed by atoms with E-state index in [1.54, 1.807) is 0 Å². The van der Waals surface area contributed by atoms with Crippen molar-refractivity contribution in [3.05, 3.63) is 0 Å². The second-order valence-electron chi connectivity index (χ2n) is 4.00. The Kier molecular flexibility index (Phi) is 9.92. The van der Waals surface area contributed by atoms with Crippen LogP contribution in [-0.2, 0) is 23.2 Å². The molecule has 0 heterocycles. The first-order chi connectivity index (χ1) is 9.34. The van der Waals surface area contributed by atoms with Crippen molar-refractivity contribution in [2.45, 2.75) is 39.7 Å². The molecule has 0 bridgehead atoms. The van der Waals surface area contributed by atoms with E-state index in [0.29, 0.717) is 12.8 Å². The van der Waals surface area contributed by atoms with E-state index in [2.05, 4.69) is 5.32 Å². The van der Waals surface area contributed by atoms with Crippen LogP contribution in [0.4, 0.5) is 0 Å². The Hall–Kier alpha value is -0.560. The van der Waals surface area contributed by atoms with Crippen molar-refractivity contribution in [2.24, 2.45) is 0 Å². The van der Waals surface area contributed by atoms with Gasteiger partial charge < -0.3 is 19.5 Å². The van der Waals surface area contributed by atoms with Crippen LogP contribution in [0, 0.1) is 0 Å². The molecule has 0 radical (unpaired) electrons. The molecule has 118 valence electrons. The molecular weight excluding hydrogens is 305 g/mol. The van der Waals surface area contributed by atoms with Crippen LogP contribution in [0.3, 0.4) is 0 Å². The van der Waals surface area contributed by atoms with Crippen LogP contribution in [0.1, 0.15) is 33.6 Å². The largest absolute Gasteiger partial charge is 0.480 e. The Balaban J connectivity index is 4.58. The molecule has 0 saturated carbocycles. The molecule has 0 aliphatic heterocycles. The van der Waals surface area contributed by atoms with Crippen molar-refractivity contribution in [1.29, 1.82) is 0 Å². The minimum Gasteiger partial charge on any atom is -0.480 e. The molecule has 0 aromatic carbocycles.